The molecule has 7 N–H and O–H groups in total. The molecule has 0 aromatic heterocycles. The number of nitrogens with zero attached hydrogens (tertiary/aromatic N) is 1. The Morgan fingerprint density at radius 3 is 2.34 bits per heavy atom. The fraction of sp³-hybridized carbons (Fsp3) is 0.500. The number of primary amides is 1. The van der Waals surface area contributed by atoms with Gasteiger partial charge in [0.05, 0.1) is 13.1 Å². The van der Waals surface area contributed by atoms with E-state index in [1.54, 1.807) is 0 Å². The quantitative estimate of drug-likeness (QED) is 0.186. The molecule has 0 aromatic carbocycles. The number of carboxylic acids is 1. The van der Waals surface area contributed by atoms with Gasteiger partial charge in [-0.15, -0.1) is 0 Å². The number of aliphatic hydroxyl groups is 1. The third-order valence-electron chi connectivity index (χ3n) is 3.77. The fourth-order valence-corrected chi connectivity index (χ4v) is 2.30. The standard InChI is InChI=1S/C16H23N5O8/c17-10(22)7-18-12(24)8-19-16(29)9(1-4-15(27)28)20-11(23)5-6-21-13(25)2-3-14(21)26/h2-3,9,13,25H,1,4-8H2,(H2,17,22)(H,18,24)(H,19,29)(H,20,23)(H,27,28)/t9?,13-/m1/s1. The Bertz CT molecular complexity index is 707. The summed E-state index contributed by atoms with van der Waals surface area (Å²) < 4.78 is 0. The molecule has 160 valence electrons. The first-order valence-corrected chi connectivity index (χ1v) is 8.61. The maximum absolute atomic E-state index is 12.2. The third kappa shape index (κ3) is 8.83. The Morgan fingerprint density at radius 2 is 1.79 bits per heavy atom. The van der Waals surface area contributed by atoms with Crippen molar-refractivity contribution >= 4 is 35.5 Å². The number of hydrogen-bond donors (Lipinski definition) is 6. The summed E-state index contributed by atoms with van der Waals surface area (Å²) >= 11 is 0. The van der Waals surface area contributed by atoms with Crippen LogP contribution in [0, 0.1) is 0 Å². The maximum Gasteiger partial charge on any atom is 0.303 e. The molecule has 1 aliphatic heterocycles. The van der Waals surface area contributed by atoms with Crippen LogP contribution in [0.5, 0.6) is 0 Å². The van der Waals surface area contributed by atoms with Crippen LogP contribution in [0.4, 0.5) is 0 Å². The van der Waals surface area contributed by atoms with Gasteiger partial charge < -0.3 is 36.8 Å². The first-order chi connectivity index (χ1) is 13.6. The largest absolute Gasteiger partial charge is 0.481 e. The van der Waals surface area contributed by atoms with Crippen LogP contribution >= 0.6 is 0 Å². The highest BCUT2D eigenvalue weighted by molar-refractivity contribution is 5.92. The molecule has 0 bridgehead atoms. The number of aliphatic carboxylic acids is 1. The summed E-state index contributed by atoms with van der Waals surface area (Å²) in [6, 6.07) is -1.24. The fourth-order valence-electron chi connectivity index (χ4n) is 2.30. The Balaban J connectivity index is 2.54. The van der Waals surface area contributed by atoms with Gasteiger partial charge in [-0.3, -0.25) is 28.8 Å². The highest BCUT2D eigenvalue weighted by atomic mass is 16.4. The van der Waals surface area contributed by atoms with Crippen LogP contribution in [0.3, 0.4) is 0 Å². The number of carbonyl (C=O) groups excluding carboxylic acids is 5. The predicted octanol–water partition coefficient (Wildman–Crippen LogP) is -3.84. The number of nitrogens with two attached hydrogens (primary N) is 1. The van der Waals surface area contributed by atoms with Crippen LogP contribution < -0.4 is 21.7 Å². The van der Waals surface area contributed by atoms with Crippen molar-refractivity contribution in [2.45, 2.75) is 31.5 Å². The topological polar surface area (TPSA) is 208 Å². The lowest BCUT2D eigenvalue weighted by molar-refractivity contribution is -0.138. The van der Waals surface area contributed by atoms with Crippen LogP contribution in [0.1, 0.15) is 19.3 Å². The molecule has 0 saturated heterocycles. The van der Waals surface area contributed by atoms with Crippen molar-refractivity contribution < 1.29 is 39.0 Å². The number of carbonyl (C=O) groups is 6. The van der Waals surface area contributed by atoms with Gasteiger partial charge in [0.25, 0.3) is 0 Å². The normalized spacial score (nSPS) is 16.2. The molecule has 1 heterocycles. The van der Waals surface area contributed by atoms with Gasteiger partial charge in [0.2, 0.25) is 29.5 Å². The highest BCUT2D eigenvalue weighted by Crippen LogP contribution is 2.09. The van der Waals surface area contributed by atoms with E-state index in [2.05, 4.69) is 16.0 Å². The van der Waals surface area contributed by atoms with E-state index in [-0.39, 0.29) is 19.4 Å². The molecule has 1 unspecified atom stereocenters. The zero-order chi connectivity index (χ0) is 22.0. The van der Waals surface area contributed by atoms with E-state index in [1.165, 1.54) is 6.08 Å². The van der Waals surface area contributed by atoms with Crippen molar-refractivity contribution in [2.75, 3.05) is 19.6 Å². The SMILES string of the molecule is NC(=O)CNC(=O)CNC(=O)C(CCC(=O)O)NC(=O)CCN1C(=O)C=C[C@H]1O. The first-order valence-electron chi connectivity index (χ1n) is 8.61. The minimum atomic E-state index is -1.24. The second-order valence-corrected chi connectivity index (χ2v) is 6.07. The van der Waals surface area contributed by atoms with Crippen LogP contribution in [0.2, 0.25) is 0 Å². The number of amides is 5. The van der Waals surface area contributed by atoms with Crippen LogP contribution in [-0.4, -0.2) is 82.5 Å². The zero-order valence-electron chi connectivity index (χ0n) is 15.4. The second-order valence-electron chi connectivity index (χ2n) is 6.07. The van der Waals surface area contributed by atoms with Gasteiger partial charge in [-0.1, -0.05) is 0 Å². The van der Waals surface area contributed by atoms with Gasteiger partial charge in [0.1, 0.15) is 12.3 Å². The second kappa shape index (κ2) is 11.4. The monoisotopic (exact) mass is 413 g/mol. The lowest BCUT2D eigenvalue weighted by Gasteiger charge is -2.21. The number of hydrogen-bond acceptors (Lipinski definition) is 7. The summed E-state index contributed by atoms with van der Waals surface area (Å²) in [6.45, 7) is -1.03. The van der Waals surface area contributed by atoms with E-state index in [9.17, 15) is 33.9 Å². The van der Waals surface area contributed by atoms with Crippen molar-refractivity contribution in [3.8, 4) is 0 Å². The molecule has 0 radical (unpaired) electrons. The molecule has 0 aliphatic carbocycles. The zero-order valence-corrected chi connectivity index (χ0v) is 15.4. The molecule has 0 fully saturated rings. The van der Waals surface area contributed by atoms with E-state index >= 15 is 0 Å². The molecule has 0 spiro atoms. The number of rotatable bonds is 12. The Labute approximate surface area is 165 Å². The van der Waals surface area contributed by atoms with Crippen molar-refractivity contribution in [1.82, 2.24) is 20.9 Å². The summed E-state index contributed by atoms with van der Waals surface area (Å²) in [7, 11) is 0. The van der Waals surface area contributed by atoms with Gasteiger partial charge >= 0.3 is 5.97 Å². The minimum absolute atomic E-state index is 0.109. The van der Waals surface area contributed by atoms with Crippen LogP contribution in [0.15, 0.2) is 12.2 Å². The summed E-state index contributed by atoms with van der Waals surface area (Å²) in [5, 5.41) is 25.1. The average molecular weight is 413 g/mol. The third-order valence-corrected chi connectivity index (χ3v) is 3.77. The van der Waals surface area contributed by atoms with Crippen molar-refractivity contribution in [2.24, 2.45) is 5.73 Å². The van der Waals surface area contributed by atoms with Gasteiger partial charge in [0, 0.05) is 25.5 Å². The summed E-state index contributed by atoms with van der Waals surface area (Å²) in [5.74, 6) is -4.57. The maximum atomic E-state index is 12.2. The van der Waals surface area contributed by atoms with Crippen LogP contribution in [-0.2, 0) is 28.8 Å². The van der Waals surface area contributed by atoms with Gasteiger partial charge in [-0.05, 0) is 12.5 Å². The number of carboxylic acid groups (broad SMARTS) is 1. The lowest BCUT2D eigenvalue weighted by Crippen LogP contribution is -2.50. The molecule has 29 heavy (non-hydrogen) atoms. The van der Waals surface area contributed by atoms with E-state index in [1.807, 2.05) is 0 Å². The molecule has 2 atom stereocenters. The molecule has 13 nitrogen and oxygen atoms in total. The molecule has 1 aliphatic rings. The summed E-state index contributed by atoms with van der Waals surface area (Å²) in [5.41, 5.74) is 4.87. The predicted molar refractivity (Wildman–Crippen MR) is 95.5 cm³/mol. The first kappa shape index (κ1) is 23.6. The molecule has 1 rings (SSSR count). The summed E-state index contributed by atoms with van der Waals surface area (Å²) in [6.07, 6.45) is 0.393. The smallest absolute Gasteiger partial charge is 0.303 e. The highest BCUT2D eigenvalue weighted by Gasteiger charge is 2.26. The Hall–Kier alpha value is -3.48. The number of nitrogens with one attached hydrogen (secondary N) is 3. The van der Waals surface area contributed by atoms with Gasteiger partial charge in [-0.2, -0.15) is 0 Å². The molecular weight excluding hydrogens is 390 g/mol. The molecule has 5 amide bonds. The van der Waals surface area contributed by atoms with Gasteiger partial charge in [-0.25, -0.2) is 0 Å². The molecule has 0 aromatic rings. The van der Waals surface area contributed by atoms with Crippen molar-refractivity contribution in [1.29, 1.82) is 0 Å². The van der Waals surface area contributed by atoms with Gasteiger partial charge in [0.15, 0.2) is 0 Å². The Morgan fingerprint density at radius 1 is 1.10 bits per heavy atom. The molecule has 0 saturated carbocycles. The van der Waals surface area contributed by atoms with Crippen molar-refractivity contribution in [3.05, 3.63) is 12.2 Å². The Kier molecular flexibility index (Phi) is 9.25. The summed E-state index contributed by atoms with van der Waals surface area (Å²) in [4.78, 5) is 69.7. The van der Waals surface area contributed by atoms with E-state index in [4.69, 9.17) is 10.8 Å². The van der Waals surface area contributed by atoms with E-state index in [0.29, 0.717) is 0 Å². The number of aliphatic hydroxyl groups excluding tert-OH is 1. The van der Waals surface area contributed by atoms with E-state index < -0.39 is 67.3 Å². The van der Waals surface area contributed by atoms with E-state index in [0.717, 1.165) is 11.0 Å². The average Bonchev–Trinajstić information content (AvgIpc) is 2.97. The molecular formula is C16H23N5O8. The molecule has 13 heteroatoms. The lowest BCUT2D eigenvalue weighted by atomic mass is 10.1. The van der Waals surface area contributed by atoms with Crippen molar-refractivity contribution in [3.63, 3.8) is 0 Å². The van der Waals surface area contributed by atoms with Crippen LogP contribution in [0.25, 0.3) is 0 Å². The minimum Gasteiger partial charge on any atom is -0.481 e.